The fourth-order valence-electron chi connectivity index (χ4n) is 13.1. The molecule has 17 heteroatoms. The van der Waals surface area contributed by atoms with Crippen molar-refractivity contribution < 1.29 is 57.9 Å². The fraction of sp³-hybridized carbons (Fsp3) is 0.638. The van der Waals surface area contributed by atoms with Crippen molar-refractivity contribution in [3.05, 3.63) is 89.8 Å². The number of cyclic esters (lactones) is 1. The van der Waals surface area contributed by atoms with Crippen LogP contribution in [0, 0.1) is 53.8 Å². The number of piperidine rings is 1. The molecule has 470 valence electrons. The second-order valence-electron chi connectivity index (χ2n) is 25.5. The number of methoxy groups -OCH3 is 2. The van der Waals surface area contributed by atoms with E-state index in [1.807, 2.05) is 88.7 Å². The number of hydrogen-bond acceptors (Lipinski definition) is 16. The van der Waals surface area contributed by atoms with Gasteiger partial charge >= 0.3 is 5.97 Å². The molecular weight excluding hydrogens is 1090 g/mol. The third kappa shape index (κ3) is 17.8. The van der Waals surface area contributed by atoms with E-state index in [0.717, 1.165) is 54.9 Å². The molecule has 4 aliphatic heterocycles. The molecule has 2 bridgehead atoms. The zero-order valence-corrected chi connectivity index (χ0v) is 52.7. The van der Waals surface area contributed by atoms with Crippen molar-refractivity contribution in [2.75, 3.05) is 58.4 Å². The molecule has 1 aromatic heterocycles. The first-order chi connectivity index (χ1) is 41.1. The number of anilines is 1. The molecule has 0 spiro atoms. The number of nitrogens with zero attached hydrogens (tertiary/aromatic N) is 5. The Morgan fingerprint density at radius 3 is 2.28 bits per heavy atom. The van der Waals surface area contributed by atoms with Gasteiger partial charge in [0.1, 0.15) is 30.1 Å². The molecule has 2 N–H and O–H groups in total. The van der Waals surface area contributed by atoms with E-state index in [1.165, 1.54) is 12.0 Å². The van der Waals surface area contributed by atoms with Crippen LogP contribution < -0.4 is 4.90 Å². The number of aliphatic hydroxyl groups is 2. The Bertz CT molecular complexity index is 2780. The predicted octanol–water partition coefficient (Wildman–Crippen LogP) is 9.24. The topological polar surface area (TPSA) is 207 Å². The molecule has 7 rings (SSSR count). The minimum atomic E-state index is -2.39. The molecule has 1 aromatic carbocycles. The Labute approximate surface area is 511 Å². The van der Waals surface area contributed by atoms with Crippen molar-refractivity contribution in [2.24, 2.45) is 41.4 Å². The van der Waals surface area contributed by atoms with E-state index >= 15 is 0 Å². The van der Waals surface area contributed by atoms with E-state index < -0.39 is 71.7 Å². The Morgan fingerprint density at radius 1 is 0.826 bits per heavy atom. The van der Waals surface area contributed by atoms with Gasteiger partial charge in [-0.25, -0.2) is 14.8 Å². The number of terminal acetylenes is 1. The zero-order valence-electron chi connectivity index (χ0n) is 52.7. The number of ether oxygens (including phenoxy) is 5. The van der Waals surface area contributed by atoms with E-state index in [-0.39, 0.29) is 66.8 Å². The first-order valence-electron chi connectivity index (χ1n) is 31.5. The largest absolute Gasteiger partial charge is 0.460 e. The summed E-state index contributed by atoms with van der Waals surface area (Å²) in [6, 6.07) is 7.04. The van der Waals surface area contributed by atoms with E-state index in [0.29, 0.717) is 82.5 Å². The summed E-state index contributed by atoms with van der Waals surface area (Å²) in [5.41, 5.74) is 4.35. The Hall–Kier alpha value is -5.71. The normalized spacial score (nSPS) is 34.6. The summed E-state index contributed by atoms with van der Waals surface area (Å²) in [6.45, 7) is 19.5. The number of Topliss-reactive ketones (excluding diaryl/α,β-unsaturated/α-hetero) is 3. The molecule has 5 heterocycles. The Morgan fingerprint density at radius 2 is 1.57 bits per heavy atom. The average molecular weight is 1190 g/mol. The number of esters is 1. The van der Waals surface area contributed by atoms with Crippen molar-refractivity contribution in [1.29, 1.82) is 0 Å². The van der Waals surface area contributed by atoms with Crippen LogP contribution in [0.3, 0.4) is 0 Å². The Kier molecular flexibility index (Phi) is 25.2. The number of aromatic nitrogens is 2. The molecule has 86 heavy (non-hydrogen) atoms. The lowest BCUT2D eigenvalue weighted by Gasteiger charge is -2.42. The van der Waals surface area contributed by atoms with Gasteiger partial charge in [0.05, 0.1) is 31.5 Å². The second-order valence-corrected chi connectivity index (χ2v) is 25.5. The smallest absolute Gasteiger partial charge is 0.329 e. The van der Waals surface area contributed by atoms with Crippen molar-refractivity contribution in [3.8, 4) is 23.5 Å². The van der Waals surface area contributed by atoms with Gasteiger partial charge in [-0.3, -0.25) is 24.1 Å². The first-order valence-corrected chi connectivity index (χ1v) is 31.5. The van der Waals surface area contributed by atoms with Crippen molar-refractivity contribution in [3.63, 3.8) is 0 Å². The van der Waals surface area contributed by atoms with Crippen LogP contribution in [-0.2, 0) is 54.3 Å². The molecule has 4 fully saturated rings. The number of fused-ring (bicyclic) bond motifs is 3. The highest BCUT2D eigenvalue weighted by atomic mass is 16.6. The van der Waals surface area contributed by atoms with Gasteiger partial charge in [-0.1, -0.05) is 108 Å². The zero-order chi connectivity index (χ0) is 62.2. The number of allylic oxidation sites excluding steroid dienone is 7. The first kappa shape index (κ1) is 67.8. The minimum Gasteiger partial charge on any atom is -0.460 e. The van der Waals surface area contributed by atoms with Gasteiger partial charge in [0, 0.05) is 89.1 Å². The number of carbonyl (C=O) groups excluding carboxylic acids is 5. The van der Waals surface area contributed by atoms with Crippen LogP contribution in [0.2, 0.25) is 0 Å². The average Bonchev–Trinajstić information content (AvgIpc) is 1.89. The van der Waals surface area contributed by atoms with Crippen molar-refractivity contribution >= 4 is 35.2 Å². The molecule has 1 unspecified atom stereocenters. The Balaban J connectivity index is 1.07. The number of piperazine rings is 1. The van der Waals surface area contributed by atoms with Crippen LogP contribution in [0.5, 0.6) is 0 Å². The van der Waals surface area contributed by atoms with Gasteiger partial charge in [-0.05, 0) is 131 Å². The summed E-state index contributed by atoms with van der Waals surface area (Å²) >= 11 is 0. The minimum absolute atomic E-state index is 0.0175. The lowest BCUT2D eigenvalue weighted by molar-refractivity contribution is -0.264. The number of benzene rings is 1. The van der Waals surface area contributed by atoms with Crippen LogP contribution in [0.1, 0.15) is 138 Å². The van der Waals surface area contributed by atoms with Gasteiger partial charge in [0.2, 0.25) is 11.7 Å². The van der Waals surface area contributed by atoms with Gasteiger partial charge in [-0.2, -0.15) is 0 Å². The van der Waals surface area contributed by atoms with E-state index in [4.69, 9.17) is 40.1 Å². The van der Waals surface area contributed by atoms with E-state index in [1.54, 1.807) is 34.0 Å². The predicted molar refractivity (Wildman–Crippen MR) is 331 cm³/mol. The highest BCUT2D eigenvalue weighted by Gasteiger charge is 2.53. The monoisotopic (exact) mass is 1190 g/mol. The second kappa shape index (κ2) is 32.0. The third-order valence-corrected chi connectivity index (χ3v) is 18.9. The third-order valence-electron chi connectivity index (χ3n) is 18.9. The fourth-order valence-corrected chi connectivity index (χ4v) is 13.1. The standard InChI is InChI=1S/C69H97N5O12/c1-12-28-72-30-32-73(33-31-72)68-70-41-55(42-71-68)54-22-18-21-53(38-54)43-84-59-27-25-52(39-61(59)82-10)36-48(6)60-40-58(75)47(5)35-50(8)63(77)64(83-11)62(76)49(7)34-44(2)19-14-13-15-20-45(3)46(4)37-56-26-24-51(9)69(81,86-56)65(78)66(79)74-29-17-16-23-57(74)67(80)85-60/h1,13-15,18-22,35,38,41-42,44,46-49,51-52,56-57,59-61,63-64,77,81H,16-17,23-34,36-37,39-40,43H2,2-11H3/b15-13+,19-14+,45-20+,50-35+/t44-,46?,47-,48-,49-,51-,52+,56+,57+,59-,60+,61-,63-,64+,69-/m1/s1. The highest BCUT2D eigenvalue weighted by Crippen LogP contribution is 2.39. The molecule has 0 radical (unpaired) electrons. The van der Waals surface area contributed by atoms with Gasteiger partial charge in [-0.15, -0.1) is 6.42 Å². The van der Waals surface area contributed by atoms with Crippen LogP contribution in [0.25, 0.3) is 11.1 Å². The summed E-state index contributed by atoms with van der Waals surface area (Å²) < 4.78 is 31.1. The SMILES string of the molecule is C#CCN1CCN(c2ncc(-c3cccc(CO[C@@H]4CC[C@@H](C[C@@H](C)[C@@H]5CC(=O)[C@H](C)/C=C(\C)[C@@H](O)[C@@H](OC)C(=O)[C@H](C)C[C@H](C)/C=C/C=C/C=C(\C)C(C)C[C@@H]6CC[C@@H](C)[C@@](O)(O6)C(=O)C(=O)N6CCCC[C@H]6C(=O)O5)C[C@H]4OC)c3)cn2)CC1. The summed E-state index contributed by atoms with van der Waals surface area (Å²) in [5, 5.41) is 23.7. The quantitative estimate of drug-likeness (QED) is 0.0930. The maximum atomic E-state index is 14.7. The number of ketones is 3. The van der Waals surface area contributed by atoms with Gasteiger partial charge in [0.25, 0.3) is 11.7 Å². The molecule has 1 amide bonds. The molecule has 3 saturated heterocycles. The molecule has 15 atom stereocenters. The van der Waals surface area contributed by atoms with Crippen LogP contribution in [0.4, 0.5) is 5.95 Å². The van der Waals surface area contributed by atoms with Crippen molar-refractivity contribution in [1.82, 2.24) is 19.8 Å². The molecule has 1 saturated carbocycles. The molecule has 17 nitrogen and oxygen atoms in total. The van der Waals surface area contributed by atoms with E-state index in [2.05, 4.69) is 28.7 Å². The van der Waals surface area contributed by atoms with Gasteiger partial charge < -0.3 is 43.7 Å². The van der Waals surface area contributed by atoms with Crippen LogP contribution in [-0.4, -0.2) is 161 Å². The van der Waals surface area contributed by atoms with Crippen LogP contribution >= 0.6 is 0 Å². The summed E-state index contributed by atoms with van der Waals surface area (Å²) in [5.74, 6) is -4.38. The number of rotatable bonds is 11. The van der Waals surface area contributed by atoms with Crippen LogP contribution in [0.15, 0.2) is 84.3 Å². The van der Waals surface area contributed by atoms with Crippen molar-refractivity contribution in [2.45, 2.75) is 187 Å². The lowest BCUT2D eigenvalue weighted by atomic mass is 9.78. The maximum absolute atomic E-state index is 14.7. The summed E-state index contributed by atoms with van der Waals surface area (Å²) in [7, 11) is 3.08. The number of carbonyl (C=O) groups is 5. The number of amides is 1. The molecule has 2 aromatic rings. The molecular formula is C69H97N5O12. The maximum Gasteiger partial charge on any atom is 0.329 e. The summed E-state index contributed by atoms with van der Waals surface area (Å²) in [4.78, 5) is 87.1. The number of aliphatic hydroxyl groups excluding tert-OH is 1. The molecule has 5 aliphatic rings. The van der Waals surface area contributed by atoms with Gasteiger partial charge in [0.15, 0.2) is 5.78 Å². The molecule has 1 aliphatic carbocycles. The number of hydrogen-bond donors (Lipinski definition) is 2. The summed E-state index contributed by atoms with van der Waals surface area (Å²) in [6.07, 6.45) is 22.4. The highest BCUT2D eigenvalue weighted by molar-refractivity contribution is 6.39. The lowest BCUT2D eigenvalue weighted by Crippen LogP contribution is -2.60. The van der Waals surface area contributed by atoms with E-state index in [9.17, 15) is 34.2 Å².